The number of nitrogens with zero attached hydrogens (tertiary/aromatic N) is 4. The van der Waals surface area contributed by atoms with E-state index in [4.69, 9.17) is 4.74 Å². The number of carbonyl (C=O) groups excluding carboxylic acids is 1. The minimum atomic E-state index is -4.45. The first-order valence-electron chi connectivity index (χ1n) is 10.6. The molecule has 0 unspecified atom stereocenters. The summed E-state index contributed by atoms with van der Waals surface area (Å²) in [6, 6.07) is 6.64. The van der Waals surface area contributed by atoms with Crippen molar-refractivity contribution in [3.05, 3.63) is 65.9 Å². The summed E-state index contributed by atoms with van der Waals surface area (Å²) in [6.07, 6.45) is -4.56. The van der Waals surface area contributed by atoms with Gasteiger partial charge in [0.05, 0.1) is 23.5 Å². The molecule has 12 heteroatoms. The molecule has 1 aliphatic rings. The Balaban J connectivity index is 1.52. The van der Waals surface area contributed by atoms with Crippen LogP contribution in [0.2, 0.25) is 0 Å². The molecule has 7 nitrogen and oxygen atoms in total. The van der Waals surface area contributed by atoms with Gasteiger partial charge < -0.3 is 10.1 Å². The number of nitrogens with one attached hydrogen (secondary N) is 1. The van der Waals surface area contributed by atoms with E-state index < -0.39 is 47.7 Å². The van der Waals surface area contributed by atoms with Gasteiger partial charge in [-0.15, -0.1) is 0 Å². The summed E-state index contributed by atoms with van der Waals surface area (Å²) in [4.78, 5) is 25.1. The second-order valence-electron chi connectivity index (χ2n) is 7.97. The van der Waals surface area contributed by atoms with E-state index in [1.54, 1.807) is 25.1 Å². The van der Waals surface area contributed by atoms with Gasteiger partial charge in [0.25, 0.3) is 0 Å². The molecule has 1 N–H and O–H groups in total. The molecular formula is C23H20F5N5O2. The van der Waals surface area contributed by atoms with Crippen LogP contribution in [0.3, 0.4) is 0 Å². The monoisotopic (exact) mass is 493 g/mol. The molecule has 184 valence electrons. The molecule has 35 heavy (non-hydrogen) atoms. The molecule has 1 aliphatic heterocycles. The first-order valence-corrected chi connectivity index (χ1v) is 10.6. The van der Waals surface area contributed by atoms with E-state index in [2.05, 4.69) is 20.3 Å². The number of hydrogen-bond acceptors (Lipinski definition) is 6. The number of aromatic nitrogens is 3. The van der Waals surface area contributed by atoms with Gasteiger partial charge in [-0.2, -0.15) is 18.2 Å². The van der Waals surface area contributed by atoms with Crippen LogP contribution >= 0.6 is 0 Å². The first-order chi connectivity index (χ1) is 16.5. The molecule has 3 heterocycles. The van der Waals surface area contributed by atoms with E-state index in [0.717, 1.165) is 23.2 Å². The standard InChI is InChI=1S/C23H20F5N5O2/c1-12(24)19-11-35-22(34)33(19)20-17(25)10-30-21(32-20)31-13(2)18-7-6-15(9-29-18)14-4-3-5-16(8-14)23(26,27)28/h3-10,12-13,19H,11H2,1-2H3,(H,30,31,32)/t12-,13-,19+/m0/s1. The highest BCUT2D eigenvalue weighted by molar-refractivity contribution is 5.89. The maximum absolute atomic E-state index is 14.4. The number of amides is 1. The second-order valence-corrected chi connectivity index (χ2v) is 7.97. The Kier molecular flexibility index (Phi) is 6.55. The lowest BCUT2D eigenvalue weighted by molar-refractivity contribution is -0.137. The predicted molar refractivity (Wildman–Crippen MR) is 117 cm³/mol. The van der Waals surface area contributed by atoms with Gasteiger partial charge in [-0.1, -0.05) is 18.2 Å². The van der Waals surface area contributed by atoms with Gasteiger partial charge >= 0.3 is 12.3 Å². The third kappa shape index (κ3) is 5.15. The number of hydrogen-bond donors (Lipinski definition) is 1. The van der Waals surface area contributed by atoms with Crippen molar-refractivity contribution in [1.29, 1.82) is 0 Å². The number of pyridine rings is 1. The van der Waals surface area contributed by atoms with Crippen molar-refractivity contribution in [2.45, 2.75) is 38.3 Å². The summed E-state index contributed by atoms with van der Waals surface area (Å²) in [6.45, 7) is 2.71. The van der Waals surface area contributed by atoms with Crippen LogP contribution in [0.4, 0.5) is 38.5 Å². The van der Waals surface area contributed by atoms with Crippen LogP contribution < -0.4 is 10.2 Å². The summed E-state index contributed by atoms with van der Waals surface area (Å²) in [5.74, 6) is -1.38. The molecule has 3 aromatic rings. The Hall–Kier alpha value is -3.83. The summed E-state index contributed by atoms with van der Waals surface area (Å²) in [5.41, 5.74) is 0.599. The van der Waals surface area contributed by atoms with Crippen LogP contribution in [0.25, 0.3) is 11.1 Å². The van der Waals surface area contributed by atoms with Gasteiger partial charge in [0.15, 0.2) is 11.6 Å². The molecule has 3 atom stereocenters. The molecule has 0 aliphatic carbocycles. The highest BCUT2D eigenvalue weighted by atomic mass is 19.4. The van der Waals surface area contributed by atoms with E-state index in [0.29, 0.717) is 16.8 Å². The van der Waals surface area contributed by atoms with Crippen LogP contribution in [0, 0.1) is 5.82 Å². The third-order valence-electron chi connectivity index (χ3n) is 5.49. The fourth-order valence-corrected chi connectivity index (χ4v) is 3.59. The van der Waals surface area contributed by atoms with Crippen molar-refractivity contribution >= 4 is 17.9 Å². The number of anilines is 2. The van der Waals surface area contributed by atoms with Crippen molar-refractivity contribution in [2.24, 2.45) is 0 Å². The molecule has 1 amide bonds. The van der Waals surface area contributed by atoms with E-state index in [-0.39, 0.29) is 12.6 Å². The van der Waals surface area contributed by atoms with Crippen molar-refractivity contribution < 1.29 is 31.5 Å². The summed E-state index contributed by atoms with van der Waals surface area (Å²) < 4.78 is 72.1. The molecule has 1 aromatic carbocycles. The zero-order valence-corrected chi connectivity index (χ0v) is 18.6. The summed E-state index contributed by atoms with van der Waals surface area (Å²) in [7, 11) is 0. The molecule has 1 saturated heterocycles. The Morgan fingerprint density at radius 2 is 1.89 bits per heavy atom. The maximum atomic E-state index is 14.4. The fraction of sp³-hybridized carbons (Fsp3) is 0.304. The SMILES string of the molecule is C[C@H](Nc1ncc(F)c(N2C(=O)OC[C@@H]2[C@H](C)F)n1)c1ccc(-c2cccc(C(F)(F)F)c2)cn1. The average molecular weight is 493 g/mol. The van der Waals surface area contributed by atoms with E-state index in [1.165, 1.54) is 19.2 Å². The van der Waals surface area contributed by atoms with E-state index in [9.17, 15) is 26.7 Å². The Bertz CT molecular complexity index is 1220. The third-order valence-corrected chi connectivity index (χ3v) is 5.49. The lowest BCUT2D eigenvalue weighted by Crippen LogP contribution is -2.40. The average Bonchev–Trinajstić information content (AvgIpc) is 3.21. The fourth-order valence-electron chi connectivity index (χ4n) is 3.59. The lowest BCUT2D eigenvalue weighted by atomic mass is 10.0. The topological polar surface area (TPSA) is 80.2 Å². The number of carbonyl (C=O) groups is 1. The highest BCUT2D eigenvalue weighted by Crippen LogP contribution is 2.32. The Morgan fingerprint density at radius 3 is 2.54 bits per heavy atom. The Labute approximate surface area is 197 Å². The number of alkyl halides is 4. The van der Waals surface area contributed by atoms with E-state index in [1.807, 2.05) is 0 Å². The van der Waals surface area contributed by atoms with Crippen LogP contribution in [-0.4, -0.2) is 39.9 Å². The van der Waals surface area contributed by atoms with Crippen LogP contribution in [0.1, 0.15) is 31.1 Å². The predicted octanol–water partition coefficient (Wildman–Crippen LogP) is 5.55. The van der Waals surface area contributed by atoms with Crippen molar-refractivity contribution in [1.82, 2.24) is 15.0 Å². The molecular weight excluding hydrogens is 473 g/mol. The van der Waals surface area contributed by atoms with Gasteiger partial charge in [-0.25, -0.2) is 23.5 Å². The summed E-state index contributed by atoms with van der Waals surface area (Å²) >= 11 is 0. The first kappa shape index (κ1) is 24.3. The lowest BCUT2D eigenvalue weighted by Gasteiger charge is -2.22. The summed E-state index contributed by atoms with van der Waals surface area (Å²) in [5, 5.41) is 2.92. The van der Waals surface area contributed by atoms with Crippen LogP contribution in [0.15, 0.2) is 48.8 Å². The molecule has 4 rings (SSSR count). The van der Waals surface area contributed by atoms with Crippen molar-refractivity contribution in [3.8, 4) is 11.1 Å². The normalized spacial score (nSPS) is 17.7. The van der Waals surface area contributed by atoms with Gasteiger partial charge in [-0.3, -0.25) is 4.98 Å². The molecule has 1 fully saturated rings. The number of ether oxygens (including phenoxy) is 1. The van der Waals surface area contributed by atoms with E-state index >= 15 is 0 Å². The minimum absolute atomic E-state index is 0.0392. The van der Waals surface area contributed by atoms with Gasteiger partial charge in [0, 0.05) is 11.8 Å². The minimum Gasteiger partial charge on any atom is -0.447 e. The zero-order chi connectivity index (χ0) is 25.3. The zero-order valence-electron chi connectivity index (χ0n) is 18.6. The van der Waals surface area contributed by atoms with Gasteiger partial charge in [0.1, 0.15) is 18.8 Å². The number of rotatable bonds is 6. The van der Waals surface area contributed by atoms with Gasteiger partial charge in [-0.05, 0) is 37.6 Å². The van der Waals surface area contributed by atoms with Crippen LogP contribution in [0.5, 0.6) is 0 Å². The second kappa shape index (κ2) is 9.43. The maximum Gasteiger partial charge on any atom is 0.416 e. The smallest absolute Gasteiger partial charge is 0.416 e. The molecule has 0 radical (unpaired) electrons. The largest absolute Gasteiger partial charge is 0.447 e. The quantitative estimate of drug-likeness (QED) is 0.454. The number of cyclic esters (lactones) is 1. The molecule has 0 saturated carbocycles. The van der Waals surface area contributed by atoms with Gasteiger partial charge in [0.2, 0.25) is 5.95 Å². The molecule has 0 bridgehead atoms. The van der Waals surface area contributed by atoms with Crippen LogP contribution in [-0.2, 0) is 10.9 Å². The van der Waals surface area contributed by atoms with Crippen molar-refractivity contribution in [3.63, 3.8) is 0 Å². The highest BCUT2D eigenvalue weighted by Gasteiger charge is 2.40. The van der Waals surface area contributed by atoms with Crippen molar-refractivity contribution in [2.75, 3.05) is 16.8 Å². The molecule has 0 spiro atoms. The molecule has 2 aromatic heterocycles. The number of halogens is 5. The number of benzene rings is 1. The Morgan fingerprint density at radius 1 is 1.11 bits per heavy atom.